The molecular formula is C27H28FN9O3. The zero-order valence-corrected chi connectivity index (χ0v) is 21.8. The Morgan fingerprint density at radius 3 is 2.65 bits per heavy atom. The Morgan fingerprint density at radius 1 is 1.15 bits per heavy atom. The first-order valence-corrected chi connectivity index (χ1v) is 13.2. The van der Waals surface area contributed by atoms with Gasteiger partial charge >= 0.3 is 0 Å². The van der Waals surface area contributed by atoms with Crippen LogP contribution in [0.5, 0.6) is 0 Å². The third-order valence-electron chi connectivity index (χ3n) is 7.18. The summed E-state index contributed by atoms with van der Waals surface area (Å²) in [5.74, 6) is 0.599. The molecule has 13 heteroatoms. The molecule has 0 aromatic carbocycles. The quantitative estimate of drug-likeness (QED) is 0.307. The third kappa shape index (κ3) is 4.85. The van der Waals surface area contributed by atoms with E-state index in [0.717, 1.165) is 25.9 Å². The number of carbonyl (C=O) groups excluding carboxylic acids is 2. The maximum Gasteiger partial charge on any atom is 0.279 e. The number of amides is 2. The molecule has 1 saturated carbocycles. The highest BCUT2D eigenvalue weighted by Crippen LogP contribution is 2.32. The van der Waals surface area contributed by atoms with Crippen molar-refractivity contribution < 1.29 is 14.0 Å². The molecular weight excluding hydrogens is 517 g/mol. The number of aromatic nitrogens is 5. The van der Waals surface area contributed by atoms with E-state index in [1.165, 1.54) is 21.5 Å². The number of halogens is 1. The molecule has 5 heterocycles. The van der Waals surface area contributed by atoms with Gasteiger partial charge in [-0.15, -0.1) is 0 Å². The minimum absolute atomic E-state index is 0.0619. The predicted octanol–water partition coefficient (Wildman–Crippen LogP) is 2.38. The van der Waals surface area contributed by atoms with Gasteiger partial charge in [-0.05, 0) is 43.5 Å². The normalized spacial score (nSPS) is 18.1. The summed E-state index contributed by atoms with van der Waals surface area (Å²) in [4.78, 5) is 49.5. The summed E-state index contributed by atoms with van der Waals surface area (Å²) in [7, 11) is 1.70. The molecule has 1 aliphatic carbocycles. The molecule has 4 aromatic rings. The minimum Gasteiger partial charge on any atom is -0.373 e. The van der Waals surface area contributed by atoms with Crippen LogP contribution in [0.25, 0.3) is 11.5 Å². The van der Waals surface area contributed by atoms with Crippen molar-refractivity contribution in [3.8, 4) is 5.82 Å². The molecule has 0 bridgehead atoms. The number of nitrogens with one attached hydrogen (secondary N) is 3. The molecule has 6 rings (SSSR count). The van der Waals surface area contributed by atoms with Crippen molar-refractivity contribution in [2.75, 3.05) is 37.3 Å². The molecule has 2 aliphatic rings. The molecule has 206 valence electrons. The van der Waals surface area contributed by atoms with E-state index in [9.17, 15) is 18.8 Å². The summed E-state index contributed by atoms with van der Waals surface area (Å²) < 4.78 is 16.1. The highest BCUT2D eigenvalue weighted by Gasteiger charge is 2.37. The highest BCUT2D eigenvalue weighted by atomic mass is 19.1. The van der Waals surface area contributed by atoms with Crippen LogP contribution in [0.4, 0.5) is 21.7 Å². The monoisotopic (exact) mass is 545 g/mol. The number of pyridine rings is 2. The Morgan fingerprint density at radius 2 is 1.95 bits per heavy atom. The van der Waals surface area contributed by atoms with Crippen molar-refractivity contribution >= 4 is 34.8 Å². The number of carbonyl (C=O) groups is 2. The van der Waals surface area contributed by atoms with E-state index in [2.05, 4.69) is 31.0 Å². The van der Waals surface area contributed by atoms with Crippen LogP contribution in [0.1, 0.15) is 40.0 Å². The van der Waals surface area contributed by atoms with Gasteiger partial charge in [0.05, 0.1) is 11.8 Å². The summed E-state index contributed by atoms with van der Waals surface area (Å²) in [5, 5.41) is 13.1. The van der Waals surface area contributed by atoms with Crippen molar-refractivity contribution in [2.24, 2.45) is 5.92 Å². The summed E-state index contributed by atoms with van der Waals surface area (Å²) in [6, 6.07) is 8.28. The molecule has 2 amide bonds. The molecule has 12 nitrogen and oxygen atoms in total. The van der Waals surface area contributed by atoms with E-state index in [1.807, 2.05) is 0 Å². The standard InChI is InChI=1S/C27H28FN9O3/c1-29-23-12-21(34-24-18(15-32-37(23)24)25(38)31-14-17-11-19(17)28)33-20-5-4-10-36(27(20)40)22-7-6-16(13-30-22)26(39)35-8-2-3-9-35/h4-7,10,12-13,15,17,19,29H,2-3,8-9,11,14H2,1H3,(H,31,38)(H,33,34)/t17-,19-/m1/s1. The second kappa shape index (κ2) is 10.4. The van der Waals surface area contributed by atoms with Gasteiger partial charge < -0.3 is 20.9 Å². The van der Waals surface area contributed by atoms with Crippen molar-refractivity contribution in [1.82, 2.24) is 34.4 Å². The van der Waals surface area contributed by atoms with Crippen molar-refractivity contribution in [3.63, 3.8) is 0 Å². The molecule has 2 fully saturated rings. The van der Waals surface area contributed by atoms with Crippen LogP contribution in [-0.4, -0.2) is 73.7 Å². The van der Waals surface area contributed by atoms with Crippen LogP contribution in [0.15, 0.2) is 53.7 Å². The first-order valence-electron chi connectivity index (χ1n) is 13.2. The molecule has 1 aliphatic heterocycles. The maximum atomic E-state index is 13.4. The van der Waals surface area contributed by atoms with Gasteiger partial charge in [0.2, 0.25) is 0 Å². The van der Waals surface area contributed by atoms with Gasteiger partial charge in [-0.1, -0.05) is 0 Å². The number of fused-ring (bicyclic) bond motifs is 1. The SMILES string of the molecule is CNc1cc(Nc2cccn(-c3ccc(C(=O)N4CCCC4)cn3)c2=O)nc2c(C(=O)NC[C@H]3C[C@H]3F)cnn12. The zero-order valence-electron chi connectivity index (χ0n) is 21.8. The maximum absolute atomic E-state index is 13.4. The summed E-state index contributed by atoms with van der Waals surface area (Å²) in [5.41, 5.74) is 0.837. The number of nitrogens with zero attached hydrogens (tertiary/aromatic N) is 6. The summed E-state index contributed by atoms with van der Waals surface area (Å²) >= 11 is 0. The molecule has 2 atom stereocenters. The lowest BCUT2D eigenvalue weighted by Crippen LogP contribution is -2.28. The number of hydrogen-bond acceptors (Lipinski definition) is 8. The Hall–Kier alpha value is -4.81. The van der Waals surface area contributed by atoms with Crippen LogP contribution in [0.2, 0.25) is 0 Å². The molecule has 40 heavy (non-hydrogen) atoms. The number of likely N-dealkylation sites (tertiary alicyclic amines) is 1. The number of anilines is 3. The Kier molecular flexibility index (Phi) is 6.62. The summed E-state index contributed by atoms with van der Waals surface area (Å²) in [6.45, 7) is 1.74. The van der Waals surface area contributed by atoms with Crippen molar-refractivity contribution in [3.05, 3.63) is 70.4 Å². The smallest absolute Gasteiger partial charge is 0.279 e. The van der Waals surface area contributed by atoms with E-state index in [0.29, 0.717) is 29.4 Å². The molecule has 0 unspecified atom stereocenters. The van der Waals surface area contributed by atoms with Gasteiger partial charge in [0.1, 0.15) is 34.9 Å². The van der Waals surface area contributed by atoms with Gasteiger partial charge in [0.15, 0.2) is 5.65 Å². The number of hydrogen-bond donors (Lipinski definition) is 3. The summed E-state index contributed by atoms with van der Waals surface area (Å²) in [6.07, 6.45) is 6.07. The van der Waals surface area contributed by atoms with Gasteiger partial charge in [-0.25, -0.2) is 14.4 Å². The fourth-order valence-corrected chi connectivity index (χ4v) is 4.77. The topological polar surface area (TPSA) is 139 Å². The second-order valence-electron chi connectivity index (χ2n) is 9.92. The van der Waals surface area contributed by atoms with Crippen LogP contribution in [0.3, 0.4) is 0 Å². The average Bonchev–Trinajstić information content (AvgIpc) is 3.33. The fourth-order valence-electron chi connectivity index (χ4n) is 4.77. The second-order valence-corrected chi connectivity index (χ2v) is 9.92. The zero-order chi connectivity index (χ0) is 27.8. The van der Waals surface area contributed by atoms with E-state index in [-0.39, 0.29) is 40.8 Å². The first-order chi connectivity index (χ1) is 19.4. The Bertz CT molecular complexity index is 1640. The van der Waals surface area contributed by atoms with Gasteiger partial charge in [-0.2, -0.15) is 9.61 Å². The molecule has 0 spiro atoms. The van der Waals surface area contributed by atoms with Crippen molar-refractivity contribution in [2.45, 2.75) is 25.4 Å². The van der Waals surface area contributed by atoms with Gasteiger partial charge in [0.25, 0.3) is 17.4 Å². The lowest BCUT2D eigenvalue weighted by molar-refractivity contribution is 0.0792. The first kappa shape index (κ1) is 25.5. The van der Waals surface area contributed by atoms with Crippen LogP contribution >= 0.6 is 0 Å². The van der Waals surface area contributed by atoms with Crippen LogP contribution in [-0.2, 0) is 0 Å². The largest absolute Gasteiger partial charge is 0.373 e. The van der Waals surface area contributed by atoms with E-state index >= 15 is 0 Å². The van der Waals surface area contributed by atoms with Gasteiger partial charge in [0, 0.05) is 51.1 Å². The Balaban J connectivity index is 1.25. The van der Waals surface area contributed by atoms with Crippen LogP contribution in [0, 0.1) is 5.92 Å². The molecule has 4 aromatic heterocycles. The Labute approximate surface area is 228 Å². The molecule has 3 N–H and O–H groups in total. The highest BCUT2D eigenvalue weighted by molar-refractivity contribution is 6.00. The van der Waals surface area contributed by atoms with E-state index in [1.54, 1.807) is 48.5 Å². The van der Waals surface area contributed by atoms with Crippen LogP contribution < -0.4 is 21.5 Å². The number of alkyl halides is 1. The lowest BCUT2D eigenvalue weighted by atomic mass is 10.2. The molecule has 1 saturated heterocycles. The van der Waals surface area contributed by atoms with Crippen molar-refractivity contribution in [1.29, 1.82) is 0 Å². The predicted molar refractivity (Wildman–Crippen MR) is 146 cm³/mol. The average molecular weight is 546 g/mol. The van der Waals surface area contributed by atoms with Gasteiger partial charge in [-0.3, -0.25) is 19.0 Å². The molecule has 0 radical (unpaired) electrons. The lowest BCUT2D eigenvalue weighted by Gasteiger charge is -2.15. The minimum atomic E-state index is -0.866. The van der Waals surface area contributed by atoms with E-state index in [4.69, 9.17) is 0 Å². The third-order valence-corrected chi connectivity index (χ3v) is 7.18. The van der Waals surface area contributed by atoms with E-state index < -0.39 is 12.1 Å². The number of rotatable bonds is 8. The fraction of sp³-hybridized carbons (Fsp3) is 0.333.